The number of unbranched alkanes of at least 4 members (excludes halogenated alkanes) is 1. The molecule has 0 fully saturated rings. The second-order valence-electron chi connectivity index (χ2n) is 5.56. The zero-order chi connectivity index (χ0) is 18.3. The fraction of sp³-hybridized carbons (Fsp3) is 0.562. The van der Waals surface area contributed by atoms with E-state index >= 15 is 0 Å². The van der Waals surface area contributed by atoms with E-state index < -0.39 is 33.0 Å². The second-order valence-corrected chi connectivity index (χ2v) is 7.60. The van der Waals surface area contributed by atoms with E-state index in [-0.39, 0.29) is 16.6 Å². The van der Waals surface area contributed by atoms with Gasteiger partial charge in [0.1, 0.15) is 0 Å². The maximum absolute atomic E-state index is 12.5. The lowest BCUT2D eigenvalue weighted by Crippen LogP contribution is -2.19. The fourth-order valence-corrected chi connectivity index (χ4v) is 4.07. The lowest BCUT2D eigenvalue weighted by molar-refractivity contribution is 0.0575. The molecule has 0 bridgehead atoms. The number of ether oxygens (including phenoxy) is 1. The van der Waals surface area contributed by atoms with Gasteiger partial charge in [-0.1, -0.05) is 33.1 Å². The standard InChI is InChI=1S/C16H23NO6S/c1-4-6-7-11(5-2)10-24(21,22)12-8-13(15(18)19)14(17-9-12)16(20)23-3/h8-9,11H,4-7,10H2,1-3H3,(H,18,19). The summed E-state index contributed by atoms with van der Waals surface area (Å²) >= 11 is 0. The highest BCUT2D eigenvalue weighted by molar-refractivity contribution is 7.91. The SMILES string of the molecule is CCCCC(CC)CS(=O)(=O)c1cnc(C(=O)OC)c(C(=O)O)c1. The van der Waals surface area contributed by atoms with Gasteiger partial charge in [0.25, 0.3) is 0 Å². The van der Waals surface area contributed by atoms with Crippen molar-refractivity contribution in [2.24, 2.45) is 5.92 Å². The number of sulfone groups is 1. The van der Waals surface area contributed by atoms with Crippen molar-refractivity contribution in [3.8, 4) is 0 Å². The molecular formula is C16H23NO6S. The Hall–Kier alpha value is -1.96. The maximum atomic E-state index is 12.5. The minimum Gasteiger partial charge on any atom is -0.478 e. The average Bonchev–Trinajstić information content (AvgIpc) is 2.57. The minimum atomic E-state index is -3.69. The second kappa shape index (κ2) is 8.77. The summed E-state index contributed by atoms with van der Waals surface area (Å²) in [6.07, 6.45) is 4.45. The summed E-state index contributed by atoms with van der Waals surface area (Å²) in [7, 11) is -2.59. The predicted octanol–water partition coefficient (Wildman–Crippen LogP) is 2.56. The van der Waals surface area contributed by atoms with Gasteiger partial charge in [-0.3, -0.25) is 0 Å². The molecular weight excluding hydrogens is 334 g/mol. The average molecular weight is 357 g/mol. The van der Waals surface area contributed by atoms with Gasteiger partial charge in [0.15, 0.2) is 15.5 Å². The molecule has 1 aromatic rings. The molecule has 0 spiro atoms. The molecule has 7 nitrogen and oxygen atoms in total. The van der Waals surface area contributed by atoms with Crippen molar-refractivity contribution >= 4 is 21.8 Å². The maximum Gasteiger partial charge on any atom is 0.357 e. The summed E-state index contributed by atoms with van der Waals surface area (Å²) in [5, 5.41) is 9.20. The first-order chi connectivity index (χ1) is 11.3. The molecule has 1 heterocycles. The summed E-state index contributed by atoms with van der Waals surface area (Å²) in [5.41, 5.74) is -0.897. The number of pyridine rings is 1. The molecule has 24 heavy (non-hydrogen) atoms. The third kappa shape index (κ3) is 5.02. The number of carbonyl (C=O) groups is 2. The Balaban J connectivity index is 3.18. The molecule has 0 aliphatic rings. The van der Waals surface area contributed by atoms with E-state index in [4.69, 9.17) is 0 Å². The van der Waals surface area contributed by atoms with Gasteiger partial charge in [-0.25, -0.2) is 23.0 Å². The van der Waals surface area contributed by atoms with Crippen molar-refractivity contribution in [2.75, 3.05) is 12.9 Å². The molecule has 1 atom stereocenters. The molecule has 1 aromatic heterocycles. The van der Waals surface area contributed by atoms with Crippen molar-refractivity contribution in [1.82, 2.24) is 4.98 Å². The zero-order valence-electron chi connectivity index (χ0n) is 14.1. The number of hydrogen-bond acceptors (Lipinski definition) is 6. The topological polar surface area (TPSA) is 111 Å². The zero-order valence-corrected chi connectivity index (χ0v) is 14.9. The van der Waals surface area contributed by atoms with Crippen LogP contribution >= 0.6 is 0 Å². The highest BCUT2D eigenvalue weighted by Crippen LogP contribution is 2.22. The first-order valence-corrected chi connectivity index (χ1v) is 9.46. The predicted molar refractivity (Wildman–Crippen MR) is 87.9 cm³/mol. The number of esters is 1. The van der Waals surface area contributed by atoms with Gasteiger partial charge < -0.3 is 9.84 Å². The molecule has 0 aliphatic carbocycles. The van der Waals surface area contributed by atoms with Crippen LogP contribution in [0.25, 0.3) is 0 Å². The van der Waals surface area contributed by atoms with Crippen LogP contribution in [0.5, 0.6) is 0 Å². The van der Waals surface area contributed by atoms with Gasteiger partial charge >= 0.3 is 11.9 Å². The van der Waals surface area contributed by atoms with Crippen LogP contribution in [0.2, 0.25) is 0 Å². The lowest BCUT2D eigenvalue weighted by Gasteiger charge is -2.15. The number of nitrogens with zero attached hydrogens (tertiary/aromatic N) is 1. The molecule has 0 radical (unpaired) electrons. The van der Waals surface area contributed by atoms with Gasteiger partial charge in [-0.15, -0.1) is 0 Å². The molecule has 8 heteroatoms. The first kappa shape index (κ1) is 20.1. The van der Waals surface area contributed by atoms with E-state index in [0.29, 0.717) is 0 Å². The number of carboxylic acids is 1. The first-order valence-electron chi connectivity index (χ1n) is 7.81. The normalized spacial score (nSPS) is 12.6. The lowest BCUT2D eigenvalue weighted by atomic mass is 10.0. The highest BCUT2D eigenvalue weighted by Gasteiger charge is 2.25. The van der Waals surface area contributed by atoms with Gasteiger partial charge in [-0.05, 0) is 18.4 Å². The van der Waals surface area contributed by atoms with Crippen LogP contribution in [0.15, 0.2) is 17.2 Å². The molecule has 0 amide bonds. The molecule has 0 aromatic carbocycles. The molecule has 134 valence electrons. The van der Waals surface area contributed by atoms with E-state index in [1.165, 1.54) is 0 Å². The quantitative estimate of drug-likeness (QED) is 0.676. The summed E-state index contributed by atoms with van der Waals surface area (Å²) in [4.78, 5) is 26.3. The third-order valence-electron chi connectivity index (χ3n) is 3.83. The number of aromatic nitrogens is 1. The summed E-state index contributed by atoms with van der Waals surface area (Å²) in [6, 6.07) is 0.976. The van der Waals surface area contributed by atoms with E-state index in [2.05, 4.69) is 9.72 Å². The molecule has 0 saturated heterocycles. The molecule has 0 saturated carbocycles. The van der Waals surface area contributed by atoms with Crippen LogP contribution in [-0.2, 0) is 14.6 Å². The smallest absolute Gasteiger partial charge is 0.357 e. The Morgan fingerprint density at radius 2 is 2.00 bits per heavy atom. The van der Waals surface area contributed by atoms with Crippen molar-refractivity contribution in [3.63, 3.8) is 0 Å². The Kier molecular flexibility index (Phi) is 7.34. The molecule has 1 unspecified atom stereocenters. The van der Waals surface area contributed by atoms with Crippen molar-refractivity contribution < 1.29 is 27.9 Å². The number of rotatable bonds is 9. The molecule has 1 N–H and O–H groups in total. The van der Waals surface area contributed by atoms with Crippen LogP contribution in [0.4, 0.5) is 0 Å². The van der Waals surface area contributed by atoms with Crippen molar-refractivity contribution in [1.29, 1.82) is 0 Å². The largest absolute Gasteiger partial charge is 0.478 e. The van der Waals surface area contributed by atoms with Gasteiger partial charge in [0, 0.05) is 6.20 Å². The van der Waals surface area contributed by atoms with Gasteiger partial charge in [0.2, 0.25) is 0 Å². The van der Waals surface area contributed by atoms with Crippen LogP contribution in [0, 0.1) is 5.92 Å². The Labute approximate surface area is 142 Å². The van der Waals surface area contributed by atoms with Crippen LogP contribution in [-0.4, -0.2) is 43.3 Å². The highest BCUT2D eigenvalue weighted by atomic mass is 32.2. The number of carbonyl (C=O) groups excluding carboxylic acids is 1. The van der Waals surface area contributed by atoms with Crippen molar-refractivity contribution in [3.05, 3.63) is 23.5 Å². The number of hydrogen-bond donors (Lipinski definition) is 1. The number of methoxy groups -OCH3 is 1. The number of aromatic carboxylic acids is 1. The number of carboxylic acid groups (broad SMARTS) is 1. The molecule has 1 rings (SSSR count). The van der Waals surface area contributed by atoms with Crippen LogP contribution in [0.1, 0.15) is 60.4 Å². The third-order valence-corrected chi connectivity index (χ3v) is 5.68. The Morgan fingerprint density at radius 1 is 1.33 bits per heavy atom. The summed E-state index contributed by atoms with van der Waals surface area (Å²) in [5.74, 6) is -2.42. The van der Waals surface area contributed by atoms with Crippen LogP contribution < -0.4 is 0 Å². The van der Waals surface area contributed by atoms with E-state index in [1.807, 2.05) is 13.8 Å². The Morgan fingerprint density at radius 3 is 2.50 bits per heavy atom. The minimum absolute atomic E-state index is 0.00325. The van der Waals surface area contributed by atoms with Gasteiger partial charge in [-0.2, -0.15) is 0 Å². The van der Waals surface area contributed by atoms with Crippen LogP contribution in [0.3, 0.4) is 0 Å². The monoisotopic (exact) mass is 357 g/mol. The fourth-order valence-electron chi connectivity index (χ4n) is 2.34. The summed E-state index contributed by atoms with van der Waals surface area (Å²) < 4.78 is 29.5. The Bertz CT molecular complexity index is 699. The van der Waals surface area contributed by atoms with E-state index in [0.717, 1.165) is 45.1 Å². The van der Waals surface area contributed by atoms with E-state index in [9.17, 15) is 23.1 Å². The summed E-state index contributed by atoms with van der Waals surface area (Å²) in [6.45, 7) is 3.97. The van der Waals surface area contributed by atoms with Crippen molar-refractivity contribution in [2.45, 2.75) is 44.4 Å². The molecule has 0 aliphatic heterocycles. The van der Waals surface area contributed by atoms with E-state index in [1.54, 1.807) is 0 Å². The van der Waals surface area contributed by atoms with Gasteiger partial charge in [0.05, 0.1) is 23.3 Å².